The number of carbonyl (C=O) groups excluding carboxylic acids is 1. The van der Waals surface area contributed by atoms with Gasteiger partial charge in [0, 0.05) is 7.11 Å². The molecule has 0 aromatic rings. The van der Waals surface area contributed by atoms with Gasteiger partial charge in [-0.1, -0.05) is 34.6 Å². The Morgan fingerprint density at radius 3 is 1.63 bits per heavy atom. The largest absolute Gasteiger partial charge is 0.463 e. The second-order valence-corrected chi connectivity index (χ2v) is 5.26. The van der Waals surface area contributed by atoms with Gasteiger partial charge in [0.05, 0.1) is 12.0 Å². The van der Waals surface area contributed by atoms with Crippen LogP contribution >= 0.6 is 0 Å². The predicted molar refractivity (Wildman–Crippen MR) is 79.2 cm³/mol. The lowest BCUT2D eigenvalue weighted by Crippen LogP contribution is -2.47. The van der Waals surface area contributed by atoms with Crippen molar-refractivity contribution in [3.05, 3.63) is 0 Å². The van der Waals surface area contributed by atoms with Crippen LogP contribution in [0.4, 0.5) is 0 Å². The van der Waals surface area contributed by atoms with Crippen LogP contribution in [0, 0.1) is 10.8 Å². The summed E-state index contributed by atoms with van der Waals surface area (Å²) in [5.74, 6) is -0.0416. The van der Waals surface area contributed by atoms with Gasteiger partial charge in [0.15, 0.2) is 0 Å². The van der Waals surface area contributed by atoms with Gasteiger partial charge >= 0.3 is 5.97 Å². The first kappa shape index (κ1) is 18.4. The average molecular weight is 272 g/mol. The Hall–Kier alpha value is -0.570. The van der Waals surface area contributed by atoms with E-state index in [1.54, 1.807) is 7.11 Å². The highest BCUT2D eigenvalue weighted by Crippen LogP contribution is 2.52. The molecule has 0 spiro atoms. The summed E-state index contributed by atoms with van der Waals surface area (Å²) in [6.45, 7) is 11.6. The lowest BCUT2D eigenvalue weighted by molar-refractivity contribution is -0.169. The van der Waals surface area contributed by atoms with E-state index in [1.807, 2.05) is 0 Å². The molecule has 0 heterocycles. The Morgan fingerprint density at radius 1 is 0.842 bits per heavy atom. The number of esters is 1. The van der Waals surface area contributed by atoms with Crippen molar-refractivity contribution in [3.8, 4) is 0 Å². The van der Waals surface area contributed by atoms with Crippen molar-refractivity contribution in [2.45, 2.75) is 66.7 Å². The van der Waals surface area contributed by atoms with E-state index in [2.05, 4.69) is 34.6 Å². The number of hydrogen-bond donors (Lipinski definition) is 0. The lowest BCUT2D eigenvalue weighted by Gasteiger charge is -2.47. The Labute approximate surface area is 119 Å². The minimum absolute atomic E-state index is 0.0416. The second kappa shape index (κ2) is 8.57. The molecule has 0 fully saturated rings. The third kappa shape index (κ3) is 3.50. The van der Waals surface area contributed by atoms with Crippen LogP contribution in [0.1, 0.15) is 66.7 Å². The summed E-state index contributed by atoms with van der Waals surface area (Å²) >= 11 is 0. The molecule has 0 amide bonds. The molecule has 0 aliphatic heterocycles. The zero-order valence-electron chi connectivity index (χ0n) is 13.7. The van der Waals surface area contributed by atoms with E-state index in [0.29, 0.717) is 13.2 Å². The van der Waals surface area contributed by atoms with Crippen LogP contribution in [-0.2, 0) is 14.3 Å². The first-order chi connectivity index (χ1) is 9.03. The number of carbonyl (C=O) groups is 1. The molecular formula is C16H32O3. The summed E-state index contributed by atoms with van der Waals surface area (Å²) in [7, 11) is 1.62. The Kier molecular flexibility index (Phi) is 8.31. The molecule has 0 radical (unpaired) electrons. The molecule has 0 unspecified atom stereocenters. The molecule has 0 rings (SSSR count). The zero-order chi connectivity index (χ0) is 14.9. The number of methoxy groups -OCH3 is 1. The molecular weight excluding hydrogens is 240 g/mol. The van der Waals surface area contributed by atoms with E-state index in [4.69, 9.17) is 9.47 Å². The summed E-state index contributed by atoms with van der Waals surface area (Å²) in [5.41, 5.74) is -0.320. The predicted octanol–water partition coefficient (Wildman–Crippen LogP) is 4.20. The van der Waals surface area contributed by atoms with Crippen molar-refractivity contribution in [2.24, 2.45) is 10.8 Å². The molecule has 0 bridgehead atoms. The second-order valence-electron chi connectivity index (χ2n) is 5.26. The minimum atomic E-state index is -0.362. The van der Waals surface area contributed by atoms with E-state index in [0.717, 1.165) is 32.1 Å². The maximum absolute atomic E-state index is 12.6. The van der Waals surface area contributed by atoms with Gasteiger partial charge in [0.2, 0.25) is 0 Å². The van der Waals surface area contributed by atoms with Crippen LogP contribution in [-0.4, -0.2) is 26.3 Å². The first-order valence-corrected chi connectivity index (χ1v) is 7.70. The summed E-state index contributed by atoms with van der Waals surface area (Å²) in [5, 5.41) is 0. The lowest BCUT2D eigenvalue weighted by atomic mass is 9.56. The van der Waals surface area contributed by atoms with Crippen LogP contribution in [0.2, 0.25) is 0 Å². The fraction of sp³-hybridized carbons (Fsp3) is 0.938. The molecule has 0 saturated carbocycles. The zero-order valence-corrected chi connectivity index (χ0v) is 13.7. The summed E-state index contributed by atoms with van der Waals surface area (Å²) in [6, 6.07) is 0. The molecule has 0 atom stereocenters. The molecule has 19 heavy (non-hydrogen) atoms. The Bertz CT molecular complexity index is 244. The van der Waals surface area contributed by atoms with E-state index < -0.39 is 0 Å². The van der Waals surface area contributed by atoms with Gasteiger partial charge in [-0.3, -0.25) is 4.79 Å². The molecule has 0 saturated heterocycles. The SMILES string of the molecule is CCC(CC)(CC)C(CC)(CC)C(=O)OCCOC. The van der Waals surface area contributed by atoms with Crippen LogP contribution in [0.15, 0.2) is 0 Å². The van der Waals surface area contributed by atoms with Gasteiger partial charge in [-0.15, -0.1) is 0 Å². The number of ether oxygens (including phenoxy) is 2. The summed E-state index contributed by atoms with van der Waals surface area (Å²) in [6.07, 6.45) is 4.72. The number of rotatable bonds is 10. The van der Waals surface area contributed by atoms with Gasteiger partial charge in [0.1, 0.15) is 6.61 Å². The van der Waals surface area contributed by atoms with Gasteiger partial charge in [-0.2, -0.15) is 0 Å². The maximum atomic E-state index is 12.6. The fourth-order valence-electron chi connectivity index (χ4n) is 3.63. The van der Waals surface area contributed by atoms with Gasteiger partial charge < -0.3 is 9.47 Å². The molecule has 3 nitrogen and oxygen atoms in total. The molecule has 0 aliphatic carbocycles. The number of hydrogen-bond acceptors (Lipinski definition) is 3. The van der Waals surface area contributed by atoms with Gasteiger partial charge in [-0.05, 0) is 37.5 Å². The van der Waals surface area contributed by atoms with E-state index in [9.17, 15) is 4.79 Å². The molecule has 0 aliphatic rings. The van der Waals surface area contributed by atoms with Gasteiger partial charge in [0.25, 0.3) is 0 Å². The molecule has 3 heteroatoms. The van der Waals surface area contributed by atoms with Crippen LogP contribution in [0.25, 0.3) is 0 Å². The highest BCUT2D eigenvalue weighted by Gasteiger charge is 2.51. The van der Waals surface area contributed by atoms with Crippen molar-refractivity contribution < 1.29 is 14.3 Å². The normalized spacial score (nSPS) is 12.5. The van der Waals surface area contributed by atoms with Crippen molar-refractivity contribution in [1.82, 2.24) is 0 Å². The standard InChI is InChI=1S/C16H32O3/c1-7-15(8-2,9-3)16(10-4,11-5)14(17)19-13-12-18-6/h7-13H2,1-6H3. The van der Waals surface area contributed by atoms with Crippen molar-refractivity contribution >= 4 is 5.97 Å². The quantitative estimate of drug-likeness (QED) is 0.441. The van der Waals surface area contributed by atoms with E-state index in [1.165, 1.54) is 0 Å². The van der Waals surface area contributed by atoms with Crippen LogP contribution < -0.4 is 0 Å². The average Bonchev–Trinajstić information content (AvgIpc) is 2.45. The smallest absolute Gasteiger partial charge is 0.312 e. The summed E-state index contributed by atoms with van der Waals surface area (Å²) in [4.78, 5) is 12.6. The van der Waals surface area contributed by atoms with Crippen LogP contribution in [0.3, 0.4) is 0 Å². The molecule has 114 valence electrons. The monoisotopic (exact) mass is 272 g/mol. The minimum Gasteiger partial charge on any atom is -0.463 e. The topological polar surface area (TPSA) is 35.5 Å². The Morgan fingerprint density at radius 2 is 1.32 bits per heavy atom. The van der Waals surface area contributed by atoms with Crippen molar-refractivity contribution in [2.75, 3.05) is 20.3 Å². The van der Waals surface area contributed by atoms with E-state index in [-0.39, 0.29) is 16.8 Å². The maximum Gasteiger partial charge on any atom is 0.312 e. The molecule has 0 N–H and O–H groups in total. The third-order valence-corrected chi connectivity index (χ3v) is 5.16. The van der Waals surface area contributed by atoms with Gasteiger partial charge in [-0.25, -0.2) is 0 Å². The summed E-state index contributed by atoms with van der Waals surface area (Å²) < 4.78 is 10.4. The molecule has 0 aromatic heterocycles. The van der Waals surface area contributed by atoms with Crippen molar-refractivity contribution in [3.63, 3.8) is 0 Å². The van der Waals surface area contributed by atoms with E-state index >= 15 is 0 Å². The highest BCUT2D eigenvalue weighted by molar-refractivity contribution is 5.78. The Balaban J connectivity index is 5.26. The fourth-order valence-corrected chi connectivity index (χ4v) is 3.63. The third-order valence-electron chi connectivity index (χ3n) is 5.16. The van der Waals surface area contributed by atoms with Crippen LogP contribution in [0.5, 0.6) is 0 Å². The highest BCUT2D eigenvalue weighted by atomic mass is 16.6. The van der Waals surface area contributed by atoms with Crippen molar-refractivity contribution in [1.29, 1.82) is 0 Å². The molecule has 0 aromatic carbocycles. The first-order valence-electron chi connectivity index (χ1n) is 7.70.